The van der Waals surface area contributed by atoms with Crippen LogP contribution in [0.3, 0.4) is 0 Å². The van der Waals surface area contributed by atoms with E-state index in [1.807, 2.05) is 24.3 Å². The summed E-state index contributed by atoms with van der Waals surface area (Å²) in [6, 6.07) is 16.5. The molecule has 8 nitrogen and oxygen atoms in total. The van der Waals surface area contributed by atoms with Crippen molar-refractivity contribution in [1.29, 1.82) is 5.26 Å². The monoisotopic (exact) mass is 441 g/mol. The van der Waals surface area contributed by atoms with Crippen LogP contribution in [-0.2, 0) is 6.54 Å². The molecule has 2 heterocycles. The minimum absolute atomic E-state index is 0.148. The third-order valence-corrected chi connectivity index (χ3v) is 6.34. The van der Waals surface area contributed by atoms with Crippen LogP contribution in [0.1, 0.15) is 42.9 Å². The van der Waals surface area contributed by atoms with Crippen LogP contribution >= 0.6 is 0 Å². The van der Waals surface area contributed by atoms with E-state index in [2.05, 4.69) is 11.1 Å². The lowest BCUT2D eigenvalue weighted by Crippen LogP contribution is -2.42. The van der Waals surface area contributed by atoms with Crippen molar-refractivity contribution in [1.82, 2.24) is 18.7 Å². The molecule has 1 aliphatic rings. The molecule has 0 saturated heterocycles. The molecule has 0 spiro atoms. The summed E-state index contributed by atoms with van der Waals surface area (Å²) in [6.45, 7) is 0.296. The fourth-order valence-electron chi connectivity index (χ4n) is 4.74. The second kappa shape index (κ2) is 8.43. The molecule has 0 unspecified atom stereocenters. The van der Waals surface area contributed by atoms with Crippen LogP contribution in [-0.4, -0.2) is 25.8 Å². The number of nitrogens with zero attached hydrogens (tertiary/aromatic N) is 5. The SMILES string of the molecule is COc1ccccc1-n1c(=O)n(C2CCCC2)c(=O)c2c1ncn2Cc1ccccc1C#N. The second-order valence-electron chi connectivity index (χ2n) is 8.22. The lowest BCUT2D eigenvalue weighted by atomic mass is 10.1. The maximum Gasteiger partial charge on any atom is 0.337 e. The Morgan fingerprint density at radius 2 is 1.82 bits per heavy atom. The Morgan fingerprint density at radius 3 is 2.58 bits per heavy atom. The summed E-state index contributed by atoms with van der Waals surface area (Å²) in [4.78, 5) is 31.9. The third-order valence-electron chi connectivity index (χ3n) is 6.34. The molecule has 0 aliphatic heterocycles. The number of hydrogen-bond donors (Lipinski definition) is 0. The fraction of sp³-hybridized carbons (Fsp3) is 0.280. The average Bonchev–Trinajstić information content (AvgIpc) is 3.51. The first kappa shape index (κ1) is 20.8. The van der Waals surface area contributed by atoms with Crippen LogP contribution < -0.4 is 16.0 Å². The van der Waals surface area contributed by atoms with E-state index in [0.717, 1.165) is 31.2 Å². The molecular weight excluding hydrogens is 418 g/mol. The summed E-state index contributed by atoms with van der Waals surface area (Å²) < 4.78 is 10.1. The van der Waals surface area contributed by atoms with Gasteiger partial charge < -0.3 is 9.30 Å². The molecule has 166 valence electrons. The van der Waals surface area contributed by atoms with Gasteiger partial charge in [0.15, 0.2) is 11.2 Å². The summed E-state index contributed by atoms with van der Waals surface area (Å²) in [5.41, 5.74) is 1.70. The Kier molecular flexibility index (Phi) is 5.31. The topological polar surface area (TPSA) is 94.8 Å². The van der Waals surface area contributed by atoms with Crippen LogP contribution in [0.2, 0.25) is 0 Å². The second-order valence-corrected chi connectivity index (χ2v) is 8.22. The van der Waals surface area contributed by atoms with Crippen molar-refractivity contribution >= 4 is 11.2 Å². The molecule has 0 amide bonds. The zero-order valence-corrected chi connectivity index (χ0v) is 18.3. The smallest absolute Gasteiger partial charge is 0.337 e. The quantitative estimate of drug-likeness (QED) is 0.473. The van der Waals surface area contributed by atoms with Crippen molar-refractivity contribution in [3.63, 3.8) is 0 Å². The standard InChI is InChI=1S/C25H23N5O3/c1-33-21-13-7-6-12-20(21)30-23-22(24(31)29(25(30)32)19-10-4-5-11-19)28(16-27-23)15-18-9-3-2-8-17(18)14-26/h2-3,6-9,12-13,16,19H,4-5,10-11,15H2,1H3. The van der Waals surface area contributed by atoms with Gasteiger partial charge in [0.2, 0.25) is 0 Å². The number of methoxy groups -OCH3 is 1. The van der Waals surface area contributed by atoms with E-state index in [0.29, 0.717) is 29.1 Å². The highest BCUT2D eigenvalue weighted by Gasteiger charge is 2.27. The molecule has 2 aromatic carbocycles. The van der Waals surface area contributed by atoms with Crippen molar-refractivity contribution in [3.05, 3.63) is 86.8 Å². The van der Waals surface area contributed by atoms with Gasteiger partial charge in [0.25, 0.3) is 5.56 Å². The molecule has 0 bridgehead atoms. The first-order chi connectivity index (χ1) is 16.1. The fourth-order valence-corrected chi connectivity index (χ4v) is 4.74. The molecule has 0 N–H and O–H groups in total. The molecule has 1 fully saturated rings. The molecule has 1 aliphatic carbocycles. The van der Waals surface area contributed by atoms with Gasteiger partial charge in [-0.3, -0.25) is 9.36 Å². The van der Waals surface area contributed by atoms with E-state index in [1.165, 1.54) is 9.13 Å². The predicted molar refractivity (Wildman–Crippen MR) is 124 cm³/mol. The molecule has 0 radical (unpaired) electrons. The summed E-state index contributed by atoms with van der Waals surface area (Å²) in [5, 5.41) is 9.49. The Bertz CT molecular complexity index is 1500. The van der Waals surface area contributed by atoms with E-state index in [4.69, 9.17) is 4.74 Å². The van der Waals surface area contributed by atoms with E-state index in [-0.39, 0.29) is 17.2 Å². The molecular formula is C25H23N5O3. The van der Waals surface area contributed by atoms with Gasteiger partial charge in [-0.1, -0.05) is 43.2 Å². The number of fused-ring (bicyclic) bond motifs is 1. The van der Waals surface area contributed by atoms with Gasteiger partial charge >= 0.3 is 5.69 Å². The van der Waals surface area contributed by atoms with Crippen molar-refractivity contribution < 1.29 is 4.74 Å². The van der Waals surface area contributed by atoms with Crippen molar-refractivity contribution in [2.45, 2.75) is 38.3 Å². The molecule has 8 heteroatoms. The first-order valence-corrected chi connectivity index (χ1v) is 11.0. The summed E-state index contributed by atoms with van der Waals surface area (Å²) in [6.07, 6.45) is 5.11. The Hall–Kier alpha value is -4.12. The highest BCUT2D eigenvalue weighted by atomic mass is 16.5. The first-order valence-electron chi connectivity index (χ1n) is 11.0. The third kappa shape index (κ3) is 3.42. The molecule has 33 heavy (non-hydrogen) atoms. The van der Waals surface area contributed by atoms with Gasteiger partial charge in [-0.2, -0.15) is 5.26 Å². The molecule has 0 atom stereocenters. The number of aromatic nitrogens is 4. The lowest BCUT2D eigenvalue weighted by Gasteiger charge is -2.18. The zero-order valence-electron chi connectivity index (χ0n) is 18.3. The number of rotatable bonds is 5. The number of ether oxygens (including phenoxy) is 1. The van der Waals surface area contributed by atoms with Crippen LogP contribution in [0, 0.1) is 11.3 Å². The normalized spacial score (nSPS) is 13.9. The van der Waals surface area contributed by atoms with Crippen LogP contribution in [0.15, 0.2) is 64.4 Å². The Morgan fingerprint density at radius 1 is 1.09 bits per heavy atom. The van der Waals surface area contributed by atoms with Crippen molar-refractivity contribution in [3.8, 4) is 17.5 Å². The van der Waals surface area contributed by atoms with Crippen molar-refractivity contribution in [2.75, 3.05) is 7.11 Å². The number of imidazole rings is 1. The molecule has 1 saturated carbocycles. The van der Waals surface area contributed by atoms with Gasteiger partial charge in [-0.05, 0) is 36.6 Å². The number of hydrogen-bond acceptors (Lipinski definition) is 5. The molecule has 5 rings (SSSR count). The van der Waals surface area contributed by atoms with Crippen LogP contribution in [0.25, 0.3) is 16.9 Å². The molecule has 4 aromatic rings. The van der Waals surface area contributed by atoms with Gasteiger partial charge in [0.05, 0.1) is 37.3 Å². The number of benzene rings is 2. The van der Waals surface area contributed by atoms with Gasteiger partial charge in [-0.25, -0.2) is 14.3 Å². The summed E-state index contributed by atoms with van der Waals surface area (Å²) in [7, 11) is 1.55. The van der Waals surface area contributed by atoms with E-state index in [1.54, 1.807) is 42.3 Å². The van der Waals surface area contributed by atoms with E-state index in [9.17, 15) is 14.9 Å². The maximum absolute atomic E-state index is 13.7. The van der Waals surface area contributed by atoms with Gasteiger partial charge in [0, 0.05) is 6.04 Å². The predicted octanol–water partition coefficient (Wildman–Crippen LogP) is 3.39. The maximum atomic E-state index is 13.7. The molecule has 2 aromatic heterocycles. The lowest BCUT2D eigenvalue weighted by molar-refractivity contribution is 0.411. The summed E-state index contributed by atoms with van der Waals surface area (Å²) in [5.74, 6) is 0.516. The zero-order chi connectivity index (χ0) is 22.9. The van der Waals surface area contributed by atoms with Gasteiger partial charge in [0.1, 0.15) is 5.75 Å². The average molecular weight is 441 g/mol. The highest BCUT2D eigenvalue weighted by Crippen LogP contribution is 2.29. The van der Waals surface area contributed by atoms with Crippen molar-refractivity contribution in [2.24, 2.45) is 0 Å². The minimum atomic E-state index is -0.411. The Labute approximate surface area is 189 Å². The highest BCUT2D eigenvalue weighted by molar-refractivity contribution is 5.73. The Balaban J connectivity index is 1.81. The number of para-hydroxylation sites is 2. The van der Waals surface area contributed by atoms with Crippen LogP contribution in [0.5, 0.6) is 5.75 Å². The largest absolute Gasteiger partial charge is 0.495 e. The van der Waals surface area contributed by atoms with Crippen LogP contribution in [0.4, 0.5) is 0 Å². The van der Waals surface area contributed by atoms with Gasteiger partial charge in [-0.15, -0.1) is 0 Å². The summed E-state index contributed by atoms with van der Waals surface area (Å²) >= 11 is 0. The minimum Gasteiger partial charge on any atom is -0.495 e. The number of nitriles is 1. The van der Waals surface area contributed by atoms with E-state index >= 15 is 0 Å². The van der Waals surface area contributed by atoms with E-state index < -0.39 is 5.69 Å².